The standard InChI is InChI=1S/C10H17NO2.C2H7N/c1-6-13-9(5)10(12)11-8(4)7(2)3;1-3-2/h9H,2,4,6H2,1,3,5H3,(H,11,12);3H,1-2H3. The lowest BCUT2D eigenvalue weighted by Gasteiger charge is -2.13. The van der Waals surface area contributed by atoms with E-state index in [1.807, 2.05) is 21.0 Å². The van der Waals surface area contributed by atoms with Gasteiger partial charge in [0.1, 0.15) is 6.10 Å². The molecule has 0 heterocycles. The molecule has 0 aromatic heterocycles. The zero-order valence-electron chi connectivity index (χ0n) is 11.0. The van der Waals surface area contributed by atoms with Gasteiger partial charge in [-0.25, -0.2) is 0 Å². The van der Waals surface area contributed by atoms with E-state index < -0.39 is 6.10 Å². The van der Waals surface area contributed by atoms with E-state index in [9.17, 15) is 4.79 Å². The van der Waals surface area contributed by atoms with Gasteiger partial charge < -0.3 is 15.4 Å². The van der Waals surface area contributed by atoms with Gasteiger partial charge in [-0.15, -0.1) is 0 Å². The van der Waals surface area contributed by atoms with Crippen molar-refractivity contribution in [3.05, 3.63) is 24.4 Å². The van der Waals surface area contributed by atoms with E-state index in [1.165, 1.54) is 0 Å². The zero-order chi connectivity index (χ0) is 13.1. The molecule has 0 rings (SSSR count). The number of carbonyl (C=O) groups excluding carboxylic acids is 1. The van der Waals surface area contributed by atoms with Crippen LogP contribution in [0.3, 0.4) is 0 Å². The maximum Gasteiger partial charge on any atom is 0.253 e. The number of rotatable bonds is 5. The molecule has 94 valence electrons. The molecule has 0 aromatic carbocycles. The summed E-state index contributed by atoms with van der Waals surface area (Å²) in [7, 11) is 3.75. The predicted octanol–water partition coefficient (Wildman–Crippen LogP) is 1.45. The van der Waals surface area contributed by atoms with Crippen LogP contribution in [0.4, 0.5) is 0 Å². The Balaban J connectivity index is 0. The number of hydrogen-bond acceptors (Lipinski definition) is 3. The topological polar surface area (TPSA) is 50.4 Å². The summed E-state index contributed by atoms with van der Waals surface area (Å²) in [6.07, 6.45) is -0.443. The molecule has 0 saturated carbocycles. The Morgan fingerprint density at radius 1 is 1.38 bits per heavy atom. The van der Waals surface area contributed by atoms with Gasteiger partial charge in [0.15, 0.2) is 0 Å². The fourth-order valence-electron chi connectivity index (χ4n) is 0.683. The Morgan fingerprint density at radius 2 is 1.81 bits per heavy atom. The van der Waals surface area contributed by atoms with Crippen LogP contribution in [0, 0.1) is 0 Å². The third-order valence-electron chi connectivity index (χ3n) is 1.58. The average molecular weight is 228 g/mol. The van der Waals surface area contributed by atoms with Gasteiger partial charge in [-0.2, -0.15) is 0 Å². The lowest BCUT2D eigenvalue weighted by atomic mass is 10.2. The first-order valence-electron chi connectivity index (χ1n) is 5.26. The second-order valence-corrected chi connectivity index (χ2v) is 3.35. The molecule has 0 radical (unpaired) electrons. The molecule has 1 amide bonds. The van der Waals surface area contributed by atoms with Crippen LogP contribution in [0.2, 0.25) is 0 Å². The van der Waals surface area contributed by atoms with Crippen molar-refractivity contribution >= 4 is 5.91 Å². The second kappa shape index (κ2) is 10.4. The Morgan fingerprint density at radius 3 is 2.12 bits per heavy atom. The van der Waals surface area contributed by atoms with E-state index in [0.717, 1.165) is 5.57 Å². The van der Waals surface area contributed by atoms with Gasteiger partial charge in [0, 0.05) is 12.3 Å². The Labute approximate surface area is 98.8 Å². The summed E-state index contributed by atoms with van der Waals surface area (Å²) < 4.78 is 5.10. The van der Waals surface area contributed by atoms with Crippen molar-refractivity contribution in [3.63, 3.8) is 0 Å². The van der Waals surface area contributed by atoms with Crippen LogP contribution >= 0.6 is 0 Å². The minimum Gasteiger partial charge on any atom is -0.369 e. The molecule has 0 aliphatic heterocycles. The smallest absolute Gasteiger partial charge is 0.253 e. The SMILES string of the molecule is C=C(C)C(=C)NC(=O)C(C)OCC.CNC. The van der Waals surface area contributed by atoms with E-state index in [-0.39, 0.29) is 5.91 Å². The quantitative estimate of drug-likeness (QED) is 0.700. The van der Waals surface area contributed by atoms with Crippen LogP contribution in [0.5, 0.6) is 0 Å². The molecule has 1 atom stereocenters. The van der Waals surface area contributed by atoms with Gasteiger partial charge in [0.2, 0.25) is 0 Å². The first kappa shape index (κ1) is 17.3. The van der Waals surface area contributed by atoms with Gasteiger partial charge >= 0.3 is 0 Å². The lowest BCUT2D eigenvalue weighted by molar-refractivity contribution is -0.130. The summed E-state index contributed by atoms with van der Waals surface area (Å²) in [6, 6.07) is 0. The van der Waals surface area contributed by atoms with Crippen molar-refractivity contribution in [3.8, 4) is 0 Å². The number of nitrogens with one attached hydrogen (secondary N) is 2. The lowest BCUT2D eigenvalue weighted by Crippen LogP contribution is -2.33. The highest BCUT2D eigenvalue weighted by Crippen LogP contribution is 2.00. The molecule has 0 aliphatic carbocycles. The molecule has 0 spiro atoms. The van der Waals surface area contributed by atoms with E-state index in [0.29, 0.717) is 12.3 Å². The van der Waals surface area contributed by atoms with Gasteiger partial charge in [0.25, 0.3) is 5.91 Å². The highest BCUT2D eigenvalue weighted by molar-refractivity contribution is 5.82. The molecule has 0 aromatic rings. The minimum absolute atomic E-state index is 0.185. The van der Waals surface area contributed by atoms with E-state index >= 15 is 0 Å². The molecule has 0 saturated heterocycles. The molecular weight excluding hydrogens is 204 g/mol. The summed E-state index contributed by atoms with van der Waals surface area (Å²) >= 11 is 0. The normalized spacial score (nSPS) is 10.8. The molecule has 1 unspecified atom stereocenters. The first-order chi connectivity index (χ1) is 7.40. The van der Waals surface area contributed by atoms with Crippen LogP contribution in [-0.2, 0) is 9.53 Å². The van der Waals surface area contributed by atoms with Crippen molar-refractivity contribution in [2.45, 2.75) is 26.9 Å². The Bertz CT molecular complexity index is 237. The fraction of sp³-hybridized carbons (Fsp3) is 0.583. The van der Waals surface area contributed by atoms with Crippen LogP contribution < -0.4 is 10.6 Å². The highest BCUT2D eigenvalue weighted by atomic mass is 16.5. The maximum atomic E-state index is 11.3. The van der Waals surface area contributed by atoms with Crippen LogP contribution in [-0.4, -0.2) is 32.7 Å². The van der Waals surface area contributed by atoms with E-state index in [4.69, 9.17) is 4.74 Å². The Kier molecular flexibility index (Phi) is 11.2. The largest absolute Gasteiger partial charge is 0.369 e. The molecule has 4 nitrogen and oxygen atoms in total. The van der Waals surface area contributed by atoms with Crippen LogP contribution in [0.1, 0.15) is 20.8 Å². The summed E-state index contributed by atoms with van der Waals surface area (Å²) in [5.74, 6) is -0.185. The van der Waals surface area contributed by atoms with Gasteiger partial charge in [0.05, 0.1) is 0 Å². The summed E-state index contributed by atoms with van der Waals surface area (Å²) in [5.41, 5.74) is 1.29. The first-order valence-corrected chi connectivity index (χ1v) is 5.26. The number of amides is 1. The fourth-order valence-corrected chi connectivity index (χ4v) is 0.683. The van der Waals surface area contributed by atoms with Gasteiger partial charge in [-0.1, -0.05) is 13.2 Å². The number of allylic oxidation sites excluding steroid dienone is 1. The molecule has 0 aliphatic rings. The third-order valence-corrected chi connectivity index (χ3v) is 1.58. The van der Waals surface area contributed by atoms with Crippen molar-refractivity contribution in [2.75, 3.05) is 20.7 Å². The average Bonchev–Trinajstić information content (AvgIpc) is 2.18. The number of carbonyl (C=O) groups is 1. The molecule has 4 heteroatoms. The number of hydrogen-bond donors (Lipinski definition) is 2. The molecular formula is C12H24N2O2. The van der Waals surface area contributed by atoms with Crippen molar-refractivity contribution in [1.82, 2.24) is 10.6 Å². The summed E-state index contributed by atoms with van der Waals surface area (Å²) in [6.45, 7) is 13.2. The molecule has 2 N–H and O–H groups in total. The molecule has 0 bridgehead atoms. The monoisotopic (exact) mass is 228 g/mol. The maximum absolute atomic E-state index is 11.3. The van der Waals surface area contributed by atoms with E-state index in [1.54, 1.807) is 13.8 Å². The zero-order valence-corrected chi connectivity index (χ0v) is 11.0. The highest BCUT2D eigenvalue weighted by Gasteiger charge is 2.12. The summed E-state index contributed by atoms with van der Waals surface area (Å²) in [5, 5.41) is 5.36. The Hall–Kier alpha value is -1.13. The van der Waals surface area contributed by atoms with Crippen molar-refractivity contribution in [1.29, 1.82) is 0 Å². The minimum atomic E-state index is -0.443. The second-order valence-electron chi connectivity index (χ2n) is 3.35. The summed E-state index contributed by atoms with van der Waals surface area (Å²) in [4.78, 5) is 11.3. The van der Waals surface area contributed by atoms with Gasteiger partial charge in [-0.3, -0.25) is 4.79 Å². The van der Waals surface area contributed by atoms with Crippen molar-refractivity contribution in [2.24, 2.45) is 0 Å². The predicted molar refractivity (Wildman–Crippen MR) is 68.2 cm³/mol. The van der Waals surface area contributed by atoms with Crippen LogP contribution in [0.25, 0.3) is 0 Å². The third kappa shape index (κ3) is 9.43. The van der Waals surface area contributed by atoms with Gasteiger partial charge in [-0.05, 0) is 40.4 Å². The number of ether oxygens (including phenoxy) is 1. The molecule has 0 fully saturated rings. The van der Waals surface area contributed by atoms with E-state index in [2.05, 4.69) is 23.8 Å². The van der Waals surface area contributed by atoms with Crippen molar-refractivity contribution < 1.29 is 9.53 Å². The molecule has 16 heavy (non-hydrogen) atoms. The van der Waals surface area contributed by atoms with Crippen LogP contribution in [0.15, 0.2) is 24.4 Å².